The summed E-state index contributed by atoms with van der Waals surface area (Å²) in [6, 6.07) is 0. The summed E-state index contributed by atoms with van der Waals surface area (Å²) < 4.78 is 13.7. The third kappa shape index (κ3) is 39.1. The second-order valence-electron chi connectivity index (χ2n) is 5.52. The molecule has 0 aromatic carbocycles. The van der Waals surface area contributed by atoms with E-state index >= 15 is 0 Å². The average molecular weight is 552 g/mol. The Morgan fingerprint density at radius 3 is 0.853 bits per heavy atom. The number of aliphatic carboxylic acids is 3. The molecule has 0 aromatic heterocycles. The molecule has 0 bridgehead atoms. The van der Waals surface area contributed by atoms with Crippen molar-refractivity contribution in [1.82, 2.24) is 0 Å². The van der Waals surface area contributed by atoms with Gasteiger partial charge in [-0.3, -0.25) is 0 Å². The molecule has 13 heteroatoms. The number of carbonyl (C=O) groups excluding carboxylic acids is 3. The van der Waals surface area contributed by atoms with E-state index < -0.39 is 35.8 Å². The predicted octanol–water partition coefficient (Wildman–Crippen LogP) is 0.557. The second kappa shape index (κ2) is 27.6. The normalized spacial score (nSPS) is 9.62. The summed E-state index contributed by atoms with van der Waals surface area (Å²) in [5, 5.41) is 24.3. The third-order valence-electron chi connectivity index (χ3n) is 2.43. The van der Waals surface area contributed by atoms with Crippen molar-refractivity contribution in [2.75, 3.05) is 19.8 Å². The number of carbonyl (C=O) groups is 6. The first kappa shape index (κ1) is 37.9. The molecule has 1 atom stereocenters. The van der Waals surface area contributed by atoms with Crippen LogP contribution in [0.15, 0.2) is 36.5 Å². The van der Waals surface area contributed by atoms with Gasteiger partial charge in [-0.1, -0.05) is 20.8 Å². The van der Waals surface area contributed by atoms with Crippen LogP contribution in [-0.4, -0.2) is 88.9 Å². The van der Waals surface area contributed by atoms with Gasteiger partial charge in [0.05, 0.1) is 19.8 Å². The SMILES string of the molecule is CCCOC(=O)/C=C/C(=O)O.CCCOC(=O)/C=C/C(=O)O.CCCOC(=O)/C=C/C(=O)O.[AsH3]. The zero-order chi connectivity index (χ0) is 26.1. The number of carboxylic acid groups (broad SMARTS) is 3. The van der Waals surface area contributed by atoms with Crippen LogP contribution in [0.25, 0.3) is 0 Å². The molecule has 3 N–H and O–H groups in total. The molecule has 0 fully saturated rings. The number of rotatable bonds is 12. The molecule has 0 radical (unpaired) electrons. The first-order valence-electron chi connectivity index (χ1n) is 9.73. The zero-order valence-corrected chi connectivity index (χ0v) is 22.4. The van der Waals surface area contributed by atoms with Crippen LogP contribution >= 0.6 is 0 Å². The van der Waals surface area contributed by atoms with Gasteiger partial charge in [-0.2, -0.15) is 0 Å². The number of carboxylic acids is 3. The van der Waals surface area contributed by atoms with Crippen LogP contribution < -0.4 is 0 Å². The molecule has 0 aliphatic heterocycles. The Morgan fingerprint density at radius 1 is 0.500 bits per heavy atom. The monoisotopic (exact) mass is 552 g/mol. The van der Waals surface area contributed by atoms with Crippen molar-refractivity contribution in [2.45, 2.75) is 40.0 Å². The van der Waals surface area contributed by atoms with Crippen molar-refractivity contribution in [3.05, 3.63) is 36.5 Å². The van der Waals surface area contributed by atoms with Crippen LogP contribution in [0.5, 0.6) is 0 Å². The molecule has 194 valence electrons. The van der Waals surface area contributed by atoms with Gasteiger partial charge >= 0.3 is 53.8 Å². The van der Waals surface area contributed by atoms with Crippen LogP contribution in [0.1, 0.15) is 40.0 Å². The number of esters is 3. The van der Waals surface area contributed by atoms with E-state index in [1.807, 2.05) is 20.8 Å². The fourth-order valence-electron chi connectivity index (χ4n) is 1.17. The number of ether oxygens (including phenoxy) is 3. The van der Waals surface area contributed by atoms with Crippen molar-refractivity contribution in [2.24, 2.45) is 0 Å². The fourth-order valence-corrected chi connectivity index (χ4v) is 1.17. The Labute approximate surface area is 208 Å². The Hall–Kier alpha value is -3.40. The molecule has 0 heterocycles. The molecule has 0 amide bonds. The molecule has 0 spiro atoms. The van der Waals surface area contributed by atoms with E-state index in [0.29, 0.717) is 19.8 Å². The Balaban J connectivity index is -0.000000196. The molecule has 0 aromatic rings. The standard InChI is InChI=1S/3C7H10O4.AsH3/c3*1-2-5-11-7(10)4-3-6(8)9;/h3*3-4H,2,5H2,1H3,(H,8,9);1H3/b3*4-3+;. The van der Waals surface area contributed by atoms with E-state index in [1.54, 1.807) is 0 Å². The molecule has 0 saturated heterocycles. The Bertz CT molecular complexity index is 615. The zero-order valence-electron chi connectivity index (χ0n) is 19.4. The van der Waals surface area contributed by atoms with Crippen molar-refractivity contribution < 1.29 is 58.3 Å². The summed E-state index contributed by atoms with van der Waals surface area (Å²) >= 11 is 0. The van der Waals surface area contributed by atoms with E-state index in [0.717, 1.165) is 55.7 Å². The summed E-state index contributed by atoms with van der Waals surface area (Å²) in [6.45, 7) is 6.53. The maximum absolute atomic E-state index is 10.5. The Morgan fingerprint density at radius 2 is 0.706 bits per heavy atom. The number of hydrogen-bond acceptors (Lipinski definition) is 9. The van der Waals surface area contributed by atoms with Gasteiger partial charge in [0.2, 0.25) is 0 Å². The maximum atomic E-state index is 10.5. The van der Waals surface area contributed by atoms with Gasteiger partial charge in [0.25, 0.3) is 0 Å². The first-order valence-corrected chi connectivity index (χ1v) is 9.73. The summed E-state index contributed by atoms with van der Waals surface area (Å²) in [7, 11) is 0. The Kier molecular flexibility index (Phi) is 30.8. The van der Waals surface area contributed by atoms with Gasteiger partial charge in [0.1, 0.15) is 0 Å². The molecular weight excluding hydrogens is 519 g/mol. The van der Waals surface area contributed by atoms with Crippen molar-refractivity contribution in [3.63, 3.8) is 0 Å². The van der Waals surface area contributed by atoms with Gasteiger partial charge in [0, 0.05) is 36.5 Å². The topological polar surface area (TPSA) is 191 Å². The minimum atomic E-state index is -1.15. The molecule has 0 saturated carbocycles. The predicted molar refractivity (Wildman–Crippen MR) is 124 cm³/mol. The summed E-state index contributed by atoms with van der Waals surface area (Å²) in [6.07, 6.45) is 7.09. The van der Waals surface area contributed by atoms with Gasteiger partial charge < -0.3 is 29.5 Å². The van der Waals surface area contributed by atoms with E-state index in [-0.39, 0.29) is 18.0 Å². The fraction of sp³-hybridized carbons (Fsp3) is 0.429. The van der Waals surface area contributed by atoms with Gasteiger partial charge in [-0.25, -0.2) is 28.8 Å². The minimum absolute atomic E-state index is 0. The molecule has 0 aliphatic rings. The molecule has 1 unspecified atom stereocenters. The van der Waals surface area contributed by atoms with Crippen LogP contribution in [0.2, 0.25) is 0 Å². The first-order chi connectivity index (χ1) is 15.5. The average Bonchev–Trinajstić information content (AvgIpc) is 2.76. The van der Waals surface area contributed by atoms with E-state index in [2.05, 4.69) is 14.2 Å². The summed E-state index contributed by atoms with van der Waals surface area (Å²) in [5.41, 5.74) is 0. The second-order valence-corrected chi connectivity index (χ2v) is 5.52. The molecule has 0 rings (SSSR count). The van der Waals surface area contributed by atoms with Crippen LogP contribution in [0, 0.1) is 0 Å². The van der Waals surface area contributed by atoms with E-state index in [4.69, 9.17) is 15.3 Å². The van der Waals surface area contributed by atoms with E-state index in [1.165, 1.54) is 0 Å². The summed E-state index contributed by atoms with van der Waals surface area (Å²) in [5.74, 6) is -5.31. The quantitative estimate of drug-likeness (QED) is 0.132. The van der Waals surface area contributed by atoms with Crippen molar-refractivity contribution in [3.8, 4) is 0 Å². The van der Waals surface area contributed by atoms with Crippen molar-refractivity contribution >= 4 is 53.8 Å². The van der Waals surface area contributed by atoms with Crippen molar-refractivity contribution in [1.29, 1.82) is 0 Å². The molecule has 34 heavy (non-hydrogen) atoms. The van der Waals surface area contributed by atoms with Gasteiger partial charge in [-0.05, 0) is 19.3 Å². The number of hydrogen-bond donors (Lipinski definition) is 3. The molecule has 0 aliphatic carbocycles. The third-order valence-corrected chi connectivity index (χ3v) is 2.43. The van der Waals surface area contributed by atoms with Crippen LogP contribution in [0.3, 0.4) is 0 Å². The van der Waals surface area contributed by atoms with Crippen LogP contribution in [0.4, 0.5) is 0 Å². The molecule has 12 nitrogen and oxygen atoms in total. The molecular formula is C21H33AsO12. The van der Waals surface area contributed by atoms with E-state index in [9.17, 15) is 28.8 Å². The van der Waals surface area contributed by atoms with Crippen LogP contribution in [-0.2, 0) is 43.0 Å². The van der Waals surface area contributed by atoms with Gasteiger partial charge in [-0.15, -0.1) is 0 Å². The summed E-state index contributed by atoms with van der Waals surface area (Å²) in [4.78, 5) is 61.3. The van der Waals surface area contributed by atoms with Gasteiger partial charge in [0.15, 0.2) is 0 Å².